The van der Waals surface area contributed by atoms with E-state index >= 15 is 0 Å². The van der Waals surface area contributed by atoms with E-state index in [0.29, 0.717) is 6.54 Å². The van der Waals surface area contributed by atoms with Crippen LogP contribution in [0.3, 0.4) is 0 Å². The molecule has 2 rings (SSSR count). The topological polar surface area (TPSA) is 29.1 Å². The van der Waals surface area contributed by atoms with Crippen LogP contribution in [0.2, 0.25) is 0 Å². The third kappa shape index (κ3) is 3.94. The van der Waals surface area contributed by atoms with Crippen molar-refractivity contribution in [2.45, 2.75) is 19.8 Å². The van der Waals surface area contributed by atoms with E-state index < -0.39 is 0 Å². The standard InChI is InChI=1S/C17H18BrNO/c1-13-15(10-5-11-16(13)18)17(20)19-12-6-9-14-7-3-2-4-8-14/h2-5,7-8,10-11H,6,9,12H2,1H3,(H,19,20). The van der Waals surface area contributed by atoms with Crippen LogP contribution in [0.15, 0.2) is 53.0 Å². The molecule has 1 N–H and O–H groups in total. The summed E-state index contributed by atoms with van der Waals surface area (Å²) in [6, 6.07) is 16.0. The molecule has 0 heterocycles. The summed E-state index contributed by atoms with van der Waals surface area (Å²) in [5.74, 6) is -0.00291. The average molecular weight is 332 g/mol. The first-order valence-corrected chi connectivity index (χ1v) is 7.55. The molecule has 2 nitrogen and oxygen atoms in total. The molecule has 0 aliphatic carbocycles. The van der Waals surface area contributed by atoms with Crippen molar-refractivity contribution >= 4 is 21.8 Å². The molecule has 0 atom stereocenters. The number of carbonyl (C=O) groups excluding carboxylic acids is 1. The van der Waals surface area contributed by atoms with Gasteiger partial charge in [-0.3, -0.25) is 4.79 Å². The van der Waals surface area contributed by atoms with Crippen LogP contribution in [0, 0.1) is 6.92 Å². The summed E-state index contributed by atoms with van der Waals surface area (Å²) >= 11 is 3.45. The predicted octanol–water partition coefficient (Wildman–Crippen LogP) is 4.12. The molecule has 104 valence electrons. The van der Waals surface area contributed by atoms with Gasteiger partial charge in [0, 0.05) is 16.6 Å². The predicted molar refractivity (Wildman–Crippen MR) is 86.0 cm³/mol. The second kappa shape index (κ2) is 7.25. The highest BCUT2D eigenvalue weighted by Gasteiger charge is 2.09. The van der Waals surface area contributed by atoms with Gasteiger partial charge in [-0.1, -0.05) is 52.3 Å². The van der Waals surface area contributed by atoms with Crippen LogP contribution in [-0.4, -0.2) is 12.5 Å². The molecule has 0 unspecified atom stereocenters. The molecule has 0 fully saturated rings. The molecule has 0 aromatic heterocycles. The molecule has 0 bridgehead atoms. The summed E-state index contributed by atoms with van der Waals surface area (Å²) in [7, 11) is 0. The summed E-state index contributed by atoms with van der Waals surface area (Å²) in [4.78, 5) is 12.1. The smallest absolute Gasteiger partial charge is 0.251 e. The Balaban J connectivity index is 1.82. The molecule has 2 aromatic rings. The Hall–Kier alpha value is -1.61. The minimum Gasteiger partial charge on any atom is -0.352 e. The molecule has 2 aromatic carbocycles. The highest BCUT2D eigenvalue weighted by atomic mass is 79.9. The van der Waals surface area contributed by atoms with Gasteiger partial charge in [0.2, 0.25) is 0 Å². The normalized spacial score (nSPS) is 10.3. The highest BCUT2D eigenvalue weighted by molar-refractivity contribution is 9.10. The molecule has 0 spiro atoms. The fourth-order valence-electron chi connectivity index (χ4n) is 2.09. The average Bonchev–Trinajstić information content (AvgIpc) is 2.47. The first kappa shape index (κ1) is 14.8. The third-order valence-electron chi connectivity index (χ3n) is 3.28. The molecule has 0 aliphatic rings. The fraction of sp³-hybridized carbons (Fsp3) is 0.235. The Kier molecular flexibility index (Phi) is 5.36. The van der Waals surface area contributed by atoms with Crippen molar-refractivity contribution in [3.05, 3.63) is 69.7 Å². The lowest BCUT2D eigenvalue weighted by Crippen LogP contribution is -2.25. The van der Waals surface area contributed by atoms with Crippen molar-refractivity contribution in [2.75, 3.05) is 6.54 Å². The summed E-state index contributed by atoms with van der Waals surface area (Å²) in [6.45, 7) is 2.64. The van der Waals surface area contributed by atoms with Crippen LogP contribution < -0.4 is 5.32 Å². The van der Waals surface area contributed by atoms with Crippen LogP contribution in [0.1, 0.15) is 27.9 Å². The van der Waals surface area contributed by atoms with Crippen molar-refractivity contribution < 1.29 is 4.79 Å². The Labute approximate surface area is 128 Å². The van der Waals surface area contributed by atoms with E-state index in [1.165, 1.54) is 5.56 Å². The van der Waals surface area contributed by atoms with Crippen molar-refractivity contribution in [3.8, 4) is 0 Å². The van der Waals surface area contributed by atoms with Gasteiger partial charge in [0.25, 0.3) is 5.91 Å². The third-order valence-corrected chi connectivity index (χ3v) is 4.14. The minimum atomic E-state index is -0.00291. The summed E-state index contributed by atoms with van der Waals surface area (Å²) in [5.41, 5.74) is 3.02. The first-order valence-electron chi connectivity index (χ1n) is 6.75. The number of nitrogens with one attached hydrogen (secondary N) is 1. The second-order valence-electron chi connectivity index (χ2n) is 4.76. The van der Waals surface area contributed by atoms with Gasteiger partial charge in [0.05, 0.1) is 0 Å². The van der Waals surface area contributed by atoms with E-state index in [4.69, 9.17) is 0 Å². The first-order chi connectivity index (χ1) is 9.68. The van der Waals surface area contributed by atoms with E-state index in [1.54, 1.807) is 0 Å². The molecule has 0 saturated carbocycles. The number of halogens is 1. The molecule has 3 heteroatoms. The van der Waals surface area contributed by atoms with Crippen LogP contribution in [0.5, 0.6) is 0 Å². The van der Waals surface area contributed by atoms with Crippen molar-refractivity contribution in [1.29, 1.82) is 0 Å². The minimum absolute atomic E-state index is 0.00291. The summed E-state index contributed by atoms with van der Waals surface area (Å²) in [5, 5.41) is 2.98. The van der Waals surface area contributed by atoms with E-state index in [1.807, 2.05) is 43.3 Å². The lowest BCUT2D eigenvalue weighted by molar-refractivity contribution is 0.0952. The zero-order valence-electron chi connectivity index (χ0n) is 11.5. The van der Waals surface area contributed by atoms with E-state index in [-0.39, 0.29) is 5.91 Å². The molecule has 1 amide bonds. The molecule has 20 heavy (non-hydrogen) atoms. The summed E-state index contributed by atoms with van der Waals surface area (Å²) < 4.78 is 0.967. The number of hydrogen-bond donors (Lipinski definition) is 1. The van der Waals surface area contributed by atoms with Crippen molar-refractivity contribution in [1.82, 2.24) is 5.32 Å². The van der Waals surface area contributed by atoms with E-state index in [2.05, 4.69) is 33.4 Å². The lowest BCUT2D eigenvalue weighted by atomic mass is 10.1. The second-order valence-corrected chi connectivity index (χ2v) is 5.61. The maximum absolute atomic E-state index is 12.1. The Morgan fingerprint density at radius 3 is 2.60 bits per heavy atom. The Bertz CT molecular complexity index is 581. The molecular formula is C17H18BrNO. The van der Waals surface area contributed by atoms with Crippen molar-refractivity contribution in [2.24, 2.45) is 0 Å². The molecular weight excluding hydrogens is 314 g/mol. The largest absolute Gasteiger partial charge is 0.352 e. The van der Waals surface area contributed by atoms with Crippen LogP contribution in [-0.2, 0) is 6.42 Å². The Morgan fingerprint density at radius 2 is 1.85 bits per heavy atom. The van der Waals surface area contributed by atoms with Gasteiger partial charge in [0.15, 0.2) is 0 Å². The maximum Gasteiger partial charge on any atom is 0.251 e. The van der Waals surface area contributed by atoms with E-state index in [9.17, 15) is 4.79 Å². The van der Waals surface area contributed by atoms with Gasteiger partial charge in [0.1, 0.15) is 0 Å². The Morgan fingerprint density at radius 1 is 1.10 bits per heavy atom. The quantitative estimate of drug-likeness (QED) is 0.820. The van der Waals surface area contributed by atoms with Crippen LogP contribution >= 0.6 is 15.9 Å². The molecule has 0 saturated heterocycles. The number of benzene rings is 2. The van der Waals surface area contributed by atoms with Gasteiger partial charge >= 0.3 is 0 Å². The fourth-order valence-corrected chi connectivity index (χ4v) is 2.45. The van der Waals surface area contributed by atoms with Crippen LogP contribution in [0.4, 0.5) is 0 Å². The number of carbonyl (C=O) groups is 1. The lowest BCUT2D eigenvalue weighted by Gasteiger charge is -2.09. The van der Waals surface area contributed by atoms with Gasteiger partial charge in [-0.05, 0) is 43.0 Å². The van der Waals surface area contributed by atoms with Gasteiger partial charge in [-0.15, -0.1) is 0 Å². The monoisotopic (exact) mass is 331 g/mol. The van der Waals surface area contributed by atoms with E-state index in [0.717, 1.165) is 28.4 Å². The van der Waals surface area contributed by atoms with Gasteiger partial charge in [-0.2, -0.15) is 0 Å². The zero-order chi connectivity index (χ0) is 14.4. The number of aryl methyl sites for hydroxylation is 1. The number of rotatable bonds is 5. The SMILES string of the molecule is Cc1c(Br)cccc1C(=O)NCCCc1ccccc1. The number of hydrogen-bond acceptors (Lipinski definition) is 1. The summed E-state index contributed by atoms with van der Waals surface area (Å²) in [6.07, 6.45) is 1.93. The highest BCUT2D eigenvalue weighted by Crippen LogP contribution is 2.19. The van der Waals surface area contributed by atoms with Gasteiger partial charge < -0.3 is 5.32 Å². The van der Waals surface area contributed by atoms with Crippen LogP contribution in [0.25, 0.3) is 0 Å². The maximum atomic E-state index is 12.1. The zero-order valence-corrected chi connectivity index (χ0v) is 13.1. The molecule has 0 radical (unpaired) electrons. The van der Waals surface area contributed by atoms with Crippen molar-refractivity contribution in [3.63, 3.8) is 0 Å². The molecule has 0 aliphatic heterocycles. The van der Waals surface area contributed by atoms with Gasteiger partial charge in [-0.25, -0.2) is 0 Å². The number of amides is 1.